The molecule has 0 saturated carbocycles. The van der Waals surface area contributed by atoms with E-state index in [1.165, 1.54) is 0 Å². The van der Waals surface area contributed by atoms with Crippen molar-refractivity contribution in [3.8, 4) is 0 Å². The van der Waals surface area contributed by atoms with Crippen molar-refractivity contribution in [2.24, 2.45) is 16.5 Å². The molecule has 0 aromatic carbocycles. The minimum atomic E-state index is 0.0978. The Bertz CT molecular complexity index is 66.6. The van der Waals surface area contributed by atoms with E-state index < -0.39 is 0 Å². The number of aliphatic imine (C=N–C) groups is 1. The molecule has 0 saturated heterocycles. The number of hydrogen-bond acceptors (Lipinski definition) is 1. The van der Waals surface area contributed by atoms with Gasteiger partial charge in [-0.3, -0.25) is 4.99 Å². The predicted molar refractivity (Wildman–Crippen MR) is 31.4 cm³/mol. The average Bonchev–Trinajstić information content (AvgIpc) is 1.61. The minimum absolute atomic E-state index is 0.0978. The molecule has 0 heterocycles. The van der Waals surface area contributed by atoms with Crippen LogP contribution in [0.3, 0.4) is 0 Å². The Morgan fingerprint density at radius 1 is 1.57 bits per heavy atom. The van der Waals surface area contributed by atoms with Crippen molar-refractivity contribution in [2.45, 2.75) is 0 Å². The smallest absolute Gasteiger partial charge is 0.185 e. The fraction of sp³-hybridized carbons (Fsp3) is 0.667. The molecule has 4 N–H and O–H groups in total. The molecule has 0 atom stereocenters. The van der Waals surface area contributed by atoms with E-state index in [-0.39, 0.29) is 5.96 Å². The zero-order chi connectivity index (χ0) is 5.70. The lowest BCUT2D eigenvalue weighted by atomic mass is 10.8. The van der Waals surface area contributed by atoms with Crippen LogP contribution < -0.4 is 11.5 Å². The van der Waals surface area contributed by atoms with Gasteiger partial charge in [0.05, 0.1) is 6.54 Å². The van der Waals surface area contributed by atoms with Crippen LogP contribution in [-0.4, -0.2) is 18.4 Å². The van der Waals surface area contributed by atoms with Gasteiger partial charge in [-0.15, -0.1) is 11.6 Å². The Hall–Kier alpha value is -0.440. The van der Waals surface area contributed by atoms with E-state index in [9.17, 15) is 0 Å². The monoisotopic (exact) mass is 121 g/mol. The van der Waals surface area contributed by atoms with Crippen molar-refractivity contribution in [2.75, 3.05) is 12.4 Å². The lowest BCUT2D eigenvalue weighted by Gasteiger charge is -1.85. The summed E-state index contributed by atoms with van der Waals surface area (Å²) in [5.41, 5.74) is 9.90. The largest absolute Gasteiger partial charge is 0.370 e. The molecule has 0 amide bonds. The molecule has 0 aromatic rings. The maximum Gasteiger partial charge on any atom is 0.185 e. The molecule has 0 aliphatic carbocycles. The van der Waals surface area contributed by atoms with E-state index in [0.717, 1.165) is 0 Å². The van der Waals surface area contributed by atoms with Crippen LogP contribution in [0.2, 0.25) is 0 Å². The Kier molecular flexibility index (Phi) is 3.50. The first-order valence-electron chi connectivity index (χ1n) is 1.88. The Labute approximate surface area is 47.3 Å². The summed E-state index contributed by atoms with van der Waals surface area (Å²) in [6.45, 7) is 0.504. The molecule has 3 nitrogen and oxygen atoms in total. The van der Waals surface area contributed by atoms with E-state index >= 15 is 0 Å². The van der Waals surface area contributed by atoms with E-state index in [2.05, 4.69) is 4.99 Å². The summed E-state index contributed by atoms with van der Waals surface area (Å²) in [4.78, 5) is 3.58. The van der Waals surface area contributed by atoms with Crippen LogP contribution in [0.25, 0.3) is 0 Å². The normalized spacial score (nSPS) is 8.14. The van der Waals surface area contributed by atoms with Crippen LogP contribution in [0.4, 0.5) is 0 Å². The van der Waals surface area contributed by atoms with Gasteiger partial charge >= 0.3 is 0 Å². The lowest BCUT2D eigenvalue weighted by Crippen LogP contribution is -2.23. The highest BCUT2D eigenvalue weighted by Crippen LogP contribution is 1.72. The number of alkyl halides is 1. The number of halogens is 1. The number of guanidine groups is 1. The number of nitrogens with two attached hydrogens (primary N) is 2. The summed E-state index contributed by atoms with van der Waals surface area (Å²) in [5, 5.41) is 0. The van der Waals surface area contributed by atoms with Gasteiger partial charge in [0.15, 0.2) is 5.96 Å². The molecular weight excluding hydrogens is 114 g/mol. The zero-order valence-corrected chi connectivity index (χ0v) is 4.65. The summed E-state index contributed by atoms with van der Waals surface area (Å²) >= 11 is 5.23. The third kappa shape index (κ3) is 5.56. The standard InChI is InChI=1S/C3H8ClN3/c4-1-2-7-3(5)6/h1-2H2,(H4,5,6,7). The molecule has 0 bridgehead atoms. The van der Waals surface area contributed by atoms with Crippen LogP contribution in [0.15, 0.2) is 4.99 Å². The summed E-state index contributed by atoms with van der Waals surface area (Å²) in [7, 11) is 0. The van der Waals surface area contributed by atoms with Gasteiger partial charge in [-0.05, 0) is 0 Å². The second-order valence-electron chi connectivity index (χ2n) is 0.996. The molecular formula is C3H8ClN3. The van der Waals surface area contributed by atoms with Gasteiger partial charge in [-0.2, -0.15) is 0 Å². The van der Waals surface area contributed by atoms with Crippen molar-refractivity contribution in [3.63, 3.8) is 0 Å². The molecule has 0 aliphatic rings. The second kappa shape index (κ2) is 3.74. The first kappa shape index (κ1) is 6.56. The van der Waals surface area contributed by atoms with Crippen molar-refractivity contribution >= 4 is 17.6 Å². The fourth-order valence-corrected chi connectivity index (χ4v) is 0.256. The Morgan fingerprint density at radius 2 is 2.14 bits per heavy atom. The van der Waals surface area contributed by atoms with Gasteiger partial charge in [0.1, 0.15) is 0 Å². The minimum Gasteiger partial charge on any atom is -0.370 e. The summed E-state index contributed by atoms with van der Waals surface area (Å²) in [6, 6.07) is 0. The summed E-state index contributed by atoms with van der Waals surface area (Å²) in [5.74, 6) is 0.568. The van der Waals surface area contributed by atoms with Gasteiger partial charge in [0, 0.05) is 5.88 Å². The average molecular weight is 122 g/mol. The number of nitrogens with zero attached hydrogens (tertiary/aromatic N) is 1. The third-order valence-corrected chi connectivity index (χ3v) is 0.548. The highest BCUT2D eigenvalue weighted by atomic mass is 35.5. The number of hydrogen-bond donors (Lipinski definition) is 2. The van der Waals surface area contributed by atoms with Gasteiger partial charge < -0.3 is 11.5 Å². The van der Waals surface area contributed by atoms with E-state index in [1.54, 1.807) is 0 Å². The first-order valence-corrected chi connectivity index (χ1v) is 2.42. The Morgan fingerprint density at radius 3 is 2.29 bits per heavy atom. The van der Waals surface area contributed by atoms with Crippen LogP contribution in [0.1, 0.15) is 0 Å². The molecule has 0 rings (SSSR count). The van der Waals surface area contributed by atoms with E-state index in [1.807, 2.05) is 0 Å². The molecule has 0 fully saturated rings. The predicted octanol–water partition coefficient (Wildman–Crippen LogP) is -0.501. The fourth-order valence-electron chi connectivity index (χ4n) is 0.171. The molecule has 0 aromatic heterocycles. The van der Waals surface area contributed by atoms with E-state index in [4.69, 9.17) is 23.1 Å². The van der Waals surface area contributed by atoms with Gasteiger partial charge in [0.25, 0.3) is 0 Å². The zero-order valence-electron chi connectivity index (χ0n) is 3.89. The van der Waals surface area contributed by atoms with E-state index in [0.29, 0.717) is 12.4 Å². The molecule has 0 unspecified atom stereocenters. The molecule has 0 aliphatic heterocycles. The summed E-state index contributed by atoms with van der Waals surface area (Å²) in [6.07, 6.45) is 0. The van der Waals surface area contributed by atoms with Crippen LogP contribution in [0, 0.1) is 0 Å². The maximum atomic E-state index is 5.23. The van der Waals surface area contributed by atoms with Gasteiger partial charge in [-0.1, -0.05) is 0 Å². The van der Waals surface area contributed by atoms with Crippen molar-refractivity contribution in [1.29, 1.82) is 0 Å². The quantitative estimate of drug-likeness (QED) is 0.294. The topological polar surface area (TPSA) is 64.4 Å². The van der Waals surface area contributed by atoms with Crippen LogP contribution in [-0.2, 0) is 0 Å². The lowest BCUT2D eigenvalue weighted by molar-refractivity contribution is 1.12. The van der Waals surface area contributed by atoms with Crippen molar-refractivity contribution in [3.05, 3.63) is 0 Å². The molecule has 7 heavy (non-hydrogen) atoms. The van der Waals surface area contributed by atoms with Crippen molar-refractivity contribution < 1.29 is 0 Å². The number of rotatable bonds is 2. The Balaban J connectivity index is 3.08. The molecule has 0 radical (unpaired) electrons. The van der Waals surface area contributed by atoms with Gasteiger partial charge in [0.2, 0.25) is 0 Å². The highest BCUT2D eigenvalue weighted by Gasteiger charge is 1.75. The SMILES string of the molecule is NC(N)=NCCCl. The second-order valence-corrected chi connectivity index (χ2v) is 1.37. The van der Waals surface area contributed by atoms with Crippen LogP contribution >= 0.6 is 11.6 Å². The maximum absolute atomic E-state index is 5.23. The third-order valence-electron chi connectivity index (χ3n) is 0.379. The summed E-state index contributed by atoms with van der Waals surface area (Å²) < 4.78 is 0. The molecule has 4 heteroatoms. The van der Waals surface area contributed by atoms with Crippen molar-refractivity contribution in [1.82, 2.24) is 0 Å². The van der Waals surface area contributed by atoms with Crippen LogP contribution in [0.5, 0.6) is 0 Å². The van der Waals surface area contributed by atoms with Gasteiger partial charge in [-0.25, -0.2) is 0 Å². The molecule has 0 spiro atoms. The highest BCUT2D eigenvalue weighted by molar-refractivity contribution is 6.18. The first-order chi connectivity index (χ1) is 3.27. The molecule has 42 valence electrons.